The number of rotatable bonds is 7. The number of carboxylic acids is 1. The molecule has 0 aliphatic carbocycles. The largest absolute Gasteiger partial charge is 0.492 e. The molecule has 3 N–H and O–H groups in total. The molecule has 1 aromatic carbocycles. The number of hydrogen-bond acceptors (Lipinski definition) is 4. The van der Waals surface area contributed by atoms with E-state index in [-0.39, 0.29) is 19.0 Å². The number of hydrogen-bond donors (Lipinski definition) is 3. The van der Waals surface area contributed by atoms with Crippen molar-refractivity contribution in [1.82, 2.24) is 5.32 Å². The number of carboxylic acid groups (broad SMARTS) is 1. The molecule has 0 saturated heterocycles. The van der Waals surface area contributed by atoms with Crippen molar-refractivity contribution in [3.05, 3.63) is 24.3 Å². The monoisotopic (exact) mass is 252 g/mol. The molecule has 6 heteroatoms. The maximum atomic E-state index is 11.5. The predicted molar refractivity (Wildman–Crippen MR) is 66.7 cm³/mol. The standard InChI is InChI=1S/C12H16N2O4/c1-2-18-10-6-4-3-5-9(10)14-11(15)7-13-8-12(16)17/h3-6,13H,2,7-8H2,1H3,(H,14,15)(H,16,17). The minimum atomic E-state index is -1.00. The van der Waals surface area contributed by atoms with E-state index in [2.05, 4.69) is 10.6 Å². The number of anilines is 1. The Bertz CT molecular complexity index is 420. The first kappa shape index (κ1) is 14.0. The fraction of sp³-hybridized carbons (Fsp3) is 0.333. The van der Waals surface area contributed by atoms with Crippen LogP contribution in [-0.4, -0.2) is 36.7 Å². The van der Waals surface area contributed by atoms with E-state index in [1.165, 1.54) is 0 Å². The van der Waals surface area contributed by atoms with Crippen LogP contribution in [0.1, 0.15) is 6.92 Å². The van der Waals surface area contributed by atoms with Gasteiger partial charge in [0.15, 0.2) is 0 Å². The van der Waals surface area contributed by atoms with Crippen molar-refractivity contribution in [2.75, 3.05) is 25.0 Å². The zero-order valence-electron chi connectivity index (χ0n) is 10.1. The van der Waals surface area contributed by atoms with Crippen LogP contribution in [0.15, 0.2) is 24.3 Å². The molecule has 0 fully saturated rings. The first-order chi connectivity index (χ1) is 8.63. The lowest BCUT2D eigenvalue weighted by atomic mass is 10.3. The van der Waals surface area contributed by atoms with Crippen molar-refractivity contribution in [2.45, 2.75) is 6.92 Å². The van der Waals surface area contributed by atoms with Crippen molar-refractivity contribution in [3.8, 4) is 5.75 Å². The second kappa shape index (κ2) is 7.29. The Morgan fingerprint density at radius 2 is 2.00 bits per heavy atom. The van der Waals surface area contributed by atoms with E-state index in [1.807, 2.05) is 13.0 Å². The highest BCUT2D eigenvalue weighted by Gasteiger charge is 2.07. The summed E-state index contributed by atoms with van der Waals surface area (Å²) < 4.78 is 5.35. The molecule has 0 saturated carbocycles. The van der Waals surface area contributed by atoms with Crippen LogP contribution in [0.4, 0.5) is 5.69 Å². The zero-order valence-corrected chi connectivity index (χ0v) is 10.1. The summed E-state index contributed by atoms with van der Waals surface area (Å²) in [7, 11) is 0. The number of amides is 1. The van der Waals surface area contributed by atoms with Gasteiger partial charge >= 0.3 is 5.97 Å². The van der Waals surface area contributed by atoms with Crippen LogP contribution >= 0.6 is 0 Å². The van der Waals surface area contributed by atoms with E-state index in [0.29, 0.717) is 18.0 Å². The van der Waals surface area contributed by atoms with Crippen molar-refractivity contribution < 1.29 is 19.4 Å². The molecule has 98 valence electrons. The predicted octanol–water partition coefficient (Wildman–Crippen LogP) is 0.698. The van der Waals surface area contributed by atoms with E-state index in [4.69, 9.17) is 9.84 Å². The van der Waals surface area contributed by atoms with Crippen molar-refractivity contribution in [1.29, 1.82) is 0 Å². The third-order valence-electron chi connectivity index (χ3n) is 2.02. The molecule has 0 aromatic heterocycles. The highest BCUT2D eigenvalue weighted by molar-refractivity contribution is 5.93. The van der Waals surface area contributed by atoms with Gasteiger partial charge in [0.25, 0.3) is 0 Å². The number of nitrogens with one attached hydrogen (secondary N) is 2. The van der Waals surface area contributed by atoms with Gasteiger partial charge in [-0.25, -0.2) is 0 Å². The van der Waals surface area contributed by atoms with Crippen LogP contribution in [0.3, 0.4) is 0 Å². The van der Waals surface area contributed by atoms with Crippen LogP contribution in [0.2, 0.25) is 0 Å². The van der Waals surface area contributed by atoms with Gasteiger partial charge in [0.1, 0.15) is 5.75 Å². The maximum absolute atomic E-state index is 11.5. The van der Waals surface area contributed by atoms with Gasteiger partial charge in [-0.05, 0) is 19.1 Å². The SMILES string of the molecule is CCOc1ccccc1NC(=O)CNCC(=O)O. The molecule has 18 heavy (non-hydrogen) atoms. The molecular weight excluding hydrogens is 236 g/mol. The van der Waals surface area contributed by atoms with E-state index in [9.17, 15) is 9.59 Å². The Balaban J connectivity index is 2.50. The molecule has 1 rings (SSSR count). The van der Waals surface area contributed by atoms with Crippen LogP contribution in [0.5, 0.6) is 5.75 Å². The molecule has 0 spiro atoms. The average molecular weight is 252 g/mol. The second-order valence-corrected chi connectivity index (χ2v) is 3.47. The minimum Gasteiger partial charge on any atom is -0.492 e. The van der Waals surface area contributed by atoms with Crippen LogP contribution in [-0.2, 0) is 9.59 Å². The van der Waals surface area contributed by atoms with Crippen molar-refractivity contribution in [2.24, 2.45) is 0 Å². The molecule has 0 aliphatic rings. The van der Waals surface area contributed by atoms with Crippen molar-refractivity contribution in [3.63, 3.8) is 0 Å². The van der Waals surface area contributed by atoms with Gasteiger partial charge in [-0.2, -0.15) is 0 Å². The first-order valence-corrected chi connectivity index (χ1v) is 5.57. The number of para-hydroxylation sites is 2. The van der Waals surface area contributed by atoms with Gasteiger partial charge < -0.3 is 15.2 Å². The Morgan fingerprint density at radius 1 is 1.28 bits per heavy atom. The first-order valence-electron chi connectivity index (χ1n) is 5.57. The second-order valence-electron chi connectivity index (χ2n) is 3.47. The number of carbonyl (C=O) groups excluding carboxylic acids is 1. The maximum Gasteiger partial charge on any atom is 0.317 e. The van der Waals surface area contributed by atoms with Gasteiger partial charge in [0, 0.05) is 0 Å². The summed E-state index contributed by atoms with van der Waals surface area (Å²) in [5.74, 6) is -0.729. The third kappa shape index (κ3) is 4.84. The lowest BCUT2D eigenvalue weighted by molar-refractivity contribution is -0.135. The number of carbonyl (C=O) groups is 2. The molecule has 0 bridgehead atoms. The number of aliphatic carboxylic acids is 1. The zero-order chi connectivity index (χ0) is 13.4. The summed E-state index contributed by atoms with van der Waals surface area (Å²) in [6.45, 7) is 2.05. The smallest absolute Gasteiger partial charge is 0.317 e. The van der Waals surface area contributed by atoms with Gasteiger partial charge in [-0.15, -0.1) is 0 Å². The summed E-state index contributed by atoms with van der Waals surface area (Å²) in [5, 5.41) is 13.6. The molecule has 0 unspecified atom stereocenters. The van der Waals surface area contributed by atoms with E-state index < -0.39 is 5.97 Å². The van der Waals surface area contributed by atoms with E-state index in [1.54, 1.807) is 18.2 Å². The van der Waals surface area contributed by atoms with Crippen molar-refractivity contribution >= 4 is 17.6 Å². The summed E-state index contributed by atoms with van der Waals surface area (Å²) in [6.07, 6.45) is 0. The number of benzene rings is 1. The molecular formula is C12H16N2O4. The molecule has 0 heterocycles. The summed E-state index contributed by atoms with van der Waals surface area (Å²) >= 11 is 0. The number of ether oxygens (including phenoxy) is 1. The Kier molecular flexibility index (Phi) is 5.66. The van der Waals surface area contributed by atoms with Gasteiger partial charge in [-0.1, -0.05) is 12.1 Å². The Labute approximate surface area is 105 Å². The normalized spacial score (nSPS) is 9.83. The fourth-order valence-electron chi connectivity index (χ4n) is 1.33. The minimum absolute atomic E-state index is 0.0627. The van der Waals surface area contributed by atoms with Gasteiger partial charge in [0.05, 0.1) is 25.4 Å². The summed E-state index contributed by atoms with van der Waals surface area (Å²) in [5.41, 5.74) is 0.571. The van der Waals surface area contributed by atoms with Crippen LogP contribution < -0.4 is 15.4 Å². The molecule has 6 nitrogen and oxygen atoms in total. The molecule has 1 amide bonds. The van der Waals surface area contributed by atoms with Crippen LogP contribution in [0, 0.1) is 0 Å². The topological polar surface area (TPSA) is 87.7 Å². The quantitative estimate of drug-likeness (QED) is 0.664. The highest BCUT2D eigenvalue weighted by Crippen LogP contribution is 2.23. The fourth-order valence-corrected chi connectivity index (χ4v) is 1.33. The molecule has 0 radical (unpaired) electrons. The molecule has 0 aliphatic heterocycles. The Morgan fingerprint density at radius 3 is 2.67 bits per heavy atom. The lowest BCUT2D eigenvalue weighted by Crippen LogP contribution is -2.31. The van der Waals surface area contributed by atoms with Gasteiger partial charge in [-0.3, -0.25) is 14.9 Å². The van der Waals surface area contributed by atoms with Crippen LogP contribution in [0.25, 0.3) is 0 Å². The summed E-state index contributed by atoms with van der Waals surface area (Å²) in [6, 6.07) is 7.07. The van der Waals surface area contributed by atoms with Gasteiger partial charge in [0.2, 0.25) is 5.91 Å². The Hall–Kier alpha value is -2.08. The third-order valence-corrected chi connectivity index (χ3v) is 2.02. The lowest BCUT2D eigenvalue weighted by Gasteiger charge is -2.11. The average Bonchev–Trinajstić information content (AvgIpc) is 2.31. The molecule has 0 atom stereocenters. The highest BCUT2D eigenvalue weighted by atomic mass is 16.5. The van der Waals surface area contributed by atoms with E-state index >= 15 is 0 Å². The van der Waals surface area contributed by atoms with E-state index in [0.717, 1.165) is 0 Å². The summed E-state index contributed by atoms with van der Waals surface area (Å²) in [4.78, 5) is 21.8. The molecule has 1 aromatic rings.